The van der Waals surface area contributed by atoms with Crippen molar-refractivity contribution in [1.29, 1.82) is 0 Å². The summed E-state index contributed by atoms with van der Waals surface area (Å²) in [5, 5.41) is 0. The molecule has 0 unspecified atom stereocenters. The van der Waals surface area contributed by atoms with Crippen LogP contribution in [0.3, 0.4) is 0 Å². The van der Waals surface area contributed by atoms with E-state index < -0.39 is 8.32 Å². The van der Waals surface area contributed by atoms with Gasteiger partial charge in [0.05, 0.1) is 12.5 Å². The second-order valence-electron chi connectivity index (χ2n) is 10.0. The zero-order chi connectivity index (χ0) is 21.6. The zero-order valence-corrected chi connectivity index (χ0v) is 20.6. The van der Waals surface area contributed by atoms with E-state index in [2.05, 4.69) is 41.5 Å². The van der Waals surface area contributed by atoms with Gasteiger partial charge in [-0.1, -0.05) is 60.5 Å². The van der Waals surface area contributed by atoms with E-state index in [-0.39, 0.29) is 17.6 Å². The summed E-state index contributed by atoms with van der Waals surface area (Å²) in [6.07, 6.45) is 9.58. The molecule has 5 heteroatoms. The number of amides is 1. The van der Waals surface area contributed by atoms with E-state index in [1.165, 1.54) is 12.8 Å². The Labute approximate surface area is 179 Å². The molecule has 0 aromatic rings. The van der Waals surface area contributed by atoms with Crippen LogP contribution in [-0.4, -0.2) is 44.6 Å². The first-order chi connectivity index (χ1) is 13.7. The van der Waals surface area contributed by atoms with Gasteiger partial charge < -0.3 is 9.33 Å². The Morgan fingerprint density at radius 3 is 2.28 bits per heavy atom. The minimum Gasteiger partial charge on any atom is -0.414 e. The lowest BCUT2D eigenvalue weighted by atomic mass is 9.96. The van der Waals surface area contributed by atoms with Gasteiger partial charge in [-0.25, -0.2) is 0 Å². The fraction of sp³-hybridized carbons (Fsp3) is 0.833. The van der Waals surface area contributed by atoms with Gasteiger partial charge in [-0.2, -0.15) is 0 Å². The number of hydrogen-bond donors (Lipinski definition) is 0. The maximum Gasteiger partial charge on any atom is 0.229 e. The third-order valence-corrected chi connectivity index (χ3v) is 13.1. The van der Waals surface area contributed by atoms with E-state index in [0.717, 1.165) is 31.7 Å². The molecule has 0 bridgehead atoms. The normalized spacial score (nSPS) is 21.2. The Kier molecular flexibility index (Phi) is 9.14. The van der Waals surface area contributed by atoms with Crippen LogP contribution in [-0.2, 0) is 14.0 Å². The van der Waals surface area contributed by atoms with Crippen LogP contribution in [0.5, 0.6) is 0 Å². The average molecular weight is 422 g/mol. The standard InChI is InChI=1S/C24H43NO3Si/c1-18(2)29(19(3)4,20(5)6)28-17-16-25-15-7-8-22(24(25)27)12-14-23(26)13-11-21-9-10-21/h12,14,18-22H,7-11,13,15-17H2,1-6H3/t22-/m1/s1. The molecule has 0 spiro atoms. The van der Waals surface area contributed by atoms with Gasteiger partial charge in [0, 0.05) is 19.5 Å². The molecule has 1 saturated heterocycles. The molecule has 1 heterocycles. The summed E-state index contributed by atoms with van der Waals surface area (Å²) in [5.74, 6) is 0.969. The van der Waals surface area contributed by atoms with Crippen LogP contribution in [0.2, 0.25) is 16.6 Å². The van der Waals surface area contributed by atoms with Crippen molar-refractivity contribution >= 4 is 20.0 Å². The molecule has 0 aromatic heterocycles. The number of carbonyl (C=O) groups is 2. The molecule has 2 aliphatic rings. The molecule has 166 valence electrons. The van der Waals surface area contributed by atoms with Crippen molar-refractivity contribution in [3.8, 4) is 0 Å². The molecular weight excluding hydrogens is 378 g/mol. The summed E-state index contributed by atoms with van der Waals surface area (Å²) in [6, 6.07) is 0. The van der Waals surface area contributed by atoms with E-state index in [0.29, 0.717) is 36.2 Å². The lowest BCUT2D eigenvalue weighted by molar-refractivity contribution is -0.137. The highest BCUT2D eigenvalue weighted by molar-refractivity contribution is 6.77. The maximum absolute atomic E-state index is 12.9. The molecule has 1 aliphatic heterocycles. The lowest BCUT2D eigenvalue weighted by Gasteiger charge is -2.43. The van der Waals surface area contributed by atoms with Crippen LogP contribution < -0.4 is 0 Å². The van der Waals surface area contributed by atoms with Gasteiger partial charge in [0.25, 0.3) is 0 Å². The second kappa shape index (κ2) is 10.9. The molecule has 29 heavy (non-hydrogen) atoms. The molecule has 1 atom stereocenters. The van der Waals surface area contributed by atoms with Gasteiger partial charge in [-0.3, -0.25) is 9.59 Å². The average Bonchev–Trinajstić information content (AvgIpc) is 3.47. The Hall–Kier alpha value is -0.943. The lowest BCUT2D eigenvalue weighted by Crippen LogP contribution is -2.50. The van der Waals surface area contributed by atoms with Crippen molar-refractivity contribution < 1.29 is 14.0 Å². The Morgan fingerprint density at radius 1 is 1.10 bits per heavy atom. The summed E-state index contributed by atoms with van der Waals surface area (Å²) in [5.41, 5.74) is 1.66. The van der Waals surface area contributed by atoms with Gasteiger partial charge in [0.2, 0.25) is 5.91 Å². The molecule has 1 amide bonds. The van der Waals surface area contributed by atoms with Gasteiger partial charge in [0.15, 0.2) is 14.1 Å². The first-order valence-electron chi connectivity index (χ1n) is 11.8. The quantitative estimate of drug-likeness (QED) is 0.298. The summed E-state index contributed by atoms with van der Waals surface area (Å²) in [7, 11) is -1.89. The highest BCUT2D eigenvalue weighted by Gasteiger charge is 2.45. The molecule has 2 fully saturated rings. The Bertz CT molecular complexity index is 559. The predicted molar refractivity (Wildman–Crippen MR) is 122 cm³/mol. The molecule has 1 aliphatic carbocycles. The fourth-order valence-corrected chi connectivity index (χ4v) is 10.7. The third kappa shape index (κ3) is 6.52. The molecule has 0 aromatic carbocycles. The summed E-state index contributed by atoms with van der Waals surface area (Å²) < 4.78 is 6.63. The summed E-state index contributed by atoms with van der Waals surface area (Å²) in [6.45, 7) is 15.8. The highest BCUT2D eigenvalue weighted by atomic mass is 28.4. The maximum atomic E-state index is 12.9. The number of nitrogens with zero attached hydrogens (tertiary/aromatic N) is 1. The number of piperidine rings is 1. The third-order valence-electron chi connectivity index (χ3n) is 7.00. The number of ketones is 1. The van der Waals surface area contributed by atoms with E-state index in [1.54, 1.807) is 6.08 Å². The number of rotatable bonds is 12. The highest BCUT2D eigenvalue weighted by Crippen LogP contribution is 2.42. The van der Waals surface area contributed by atoms with Crippen molar-refractivity contribution in [2.45, 2.75) is 96.7 Å². The monoisotopic (exact) mass is 421 g/mol. The van der Waals surface area contributed by atoms with E-state index in [9.17, 15) is 9.59 Å². The number of allylic oxidation sites excluding steroid dienone is 1. The Morgan fingerprint density at radius 2 is 1.72 bits per heavy atom. The molecule has 0 radical (unpaired) electrons. The van der Waals surface area contributed by atoms with E-state index in [4.69, 9.17) is 4.43 Å². The van der Waals surface area contributed by atoms with Crippen molar-refractivity contribution in [3.05, 3.63) is 12.2 Å². The second-order valence-corrected chi connectivity index (χ2v) is 15.5. The van der Waals surface area contributed by atoms with Crippen LogP contribution >= 0.6 is 0 Å². The number of hydrogen-bond acceptors (Lipinski definition) is 3. The topological polar surface area (TPSA) is 46.6 Å². The predicted octanol–water partition coefficient (Wildman–Crippen LogP) is 5.73. The molecule has 4 nitrogen and oxygen atoms in total. The molecule has 0 N–H and O–H groups in total. The smallest absolute Gasteiger partial charge is 0.229 e. The van der Waals surface area contributed by atoms with Crippen LogP contribution in [0.25, 0.3) is 0 Å². The van der Waals surface area contributed by atoms with Gasteiger partial charge in [0.1, 0.15) is 0 Å². The molecule has 1 saturated carbocycles. The van der Waals surface area contributed by atoms with Gasteiger partial charge in [-0.05, 0) is 47.9 Å². The summed E-state index contributed by atoms with van der Waals surface area (Å²) >= 11 is 0. The van der Waals surface area contributed by atoms with Crippen molar-refractivity contribution in [1.82, 2.24) is 4.90 Å². The number of likely N-dealkylation sites (tertiary alicyclic amines) is 1. The van der Waals surface area contributed by atoms with Crippen LogP contribution in [0.4, 0.5) is 0 Å². The molecule has 2 rings (SSSR count). The zero-order valence-electron chi connectivity index (χ0n) is 19.6. The van der Waals surface area contributed by atoms with Crippen molar-refractivity contribution in [2.24, 2.45) is 11.8 Å². The minimum absolute atomic E-state index is 0.143. The SMILES string of the molecule is CC(C)[Si](OCCN1CCC[C@H](C=CC(=O)CCC2CC2)C1=O)(C(C)C)C(C)C. The number of carbonyl (C=O) groups excluding carboxylic acids is 2. The Balaban J connectivity index is 1.86. The van der Waals surface area contributed by atoms with E-state index >= 15 is 0 Å². The van der Waals surface area contributed by atoms with Crippen LogP contribution in [0.1, 0.15) is 80.1 Å². The summed E-state index contributed by atoms with van der Waals surface area (Å²) in [4.78, 5) is 26.9. The van der Waals surface area contributed by atoms with Crippen LogP contribution in [0, 0.1) is 11.8 Å². The van der Waals surface area contributed by atoms with Gasteiger partial charge >= 0.3 is 0 Å². The van der Waals surface area contributed by atoms with Crippen molar-refractivity contribution in [2.75, 3.05) is 19.7 Å². The van der Waals surface area contributed by atoms with Crippen LogP contribution in [0.15, 0.2) is 12.2 Å². The molecular formula is C24H43NO3Si. The van der Waals surface area contributed by atoms with Crippen molar-refractivity contribution in [3.63, 3.8) is 0 Å². The fourth-order valence-electron chi connectivity index (χ4n) is 5.26. The van der Waals surface area contributed by atoms with E-state index in [1.807, 2.05) is 11.0 Å². The first-order valence-corrected chi connectivity index (χ1v) is 14.0. The van der Waals surface area contributed by atoms with Gasteiger partial charge in [-0.15, -0.1) is 0 Å². The largest absolute Gasteiger partial charge is 0.414 e. The first kappa shape index (κ1) is 24.3. The minimum atomic E-state index is -1.89.